The number of hydrogen-bond donors (Lipinski definition) is 1. The highest BCUT2D eigenvalue weighted by Gasteiger charge is 2.44. The van der Waals surface area contributed by atoms with Gasteiger partial charge in [0.25, 0.3) is 0 Å². The van der Waals surface area contributed by atoms with Crippen LogP contribution in [0, 0.1) is 0 Å². The highest BCUT2D eigenvalue weighted by atomic mass is 35.5. The van der Waals surface area contributed by atoms with Crippen LogP contribution in [-0.2, 0) is 13.5 Å². The van der Waals surface area contributed by atoms with Crippen molar-refractivity contribution in [3.8, 4) is 11.8 Å². The molecule has 2 unspecified atom stereocenters. The highest BCUT2D eigenvalue weighted by molar-refractivity contribution is 6.31. The molecular formula is C22H17ClF3N3O4. The number of oxazole rings is 1. The summed E-state index contributed by atoms with van der Waals surface area (Å²) >= 11 is 6.31. The number of halogens is 4. The van der Waals surface area contributed by atoms with Crippen LogP contribution in [0.4, 0.5) is 13.2 Å². The Labute approximate surface area is 190 Å². The zero-order valence-corrected chi connectivity index (χ0v) is 17.8. The lowest BCUT2D eigenvalue weighted by Gasteiger charge is -2.26. The molecule has 0 spiro atoms. The van der Waals surface area contributed by atoms with Gasteiger partial charge in [-0.05, 0) is 47.9 Å². The number of benzene rings is 2. The van der Waals surface area contributed by atoms with Gasteiger partial charge < -0.3 is 14.3 Å². The molecule has 0 amide bonds. The van der Waals surface area contributed by atoms with Gasteiger partial charge in [0.1, 0.15) is 5.75 Å². The molecule has 4 aromatic rings. The molecule has 0 aliphatic rings. The maximum absolute atomic E-state index is 13.5. The number of alkyl halides is 3. The molecule has 2 aromatic carbocycles. The lowest BCUT2D eigenvalue weighted by molar-refractivity contribution is -0.210. The summed E-state index contributed by atoms with van der Waals surface area (Å²) in [4.78, 5) is 19.5. The number of hydrogen-bond acceptors (Lipinski definition) is 6. The molecule has 0 radical (unpaired) electrons. The van der Waals surface area contributed by atoms with Crippen molar-refractivity contribution in [2.24, 2.45) is 7.05 Å². The van der Waals surface area contributed by atoms with Gasteiger partial charge in [0.2, 0.25) is 0 Å². The van der Waals surface area contributed by atoms with Gasteiger partial charge in [-0.2, -0.15) is 13.2 Å². The van der Waals surface area contributed by atoms with E-state index in [1.807, 2.05) is 0 Å². The van der Waals surface area contributed by atoms with Crippen LogP contribution >= 0.6 is 11.6 Å². The Morgan fingerprint density at radius 2 is 1.91 bits per heavy atom. The summed E-state index contributed by atoms with van der Waals surface area (Å²) in [5.74, 6) is -1.78. The predicted octanol–water partition coefficient (Wildman–Crippen LogP) is 4.62. The van der Waals surface area contributed by atoms with Gasteiger partial charge in [-0.1, -0.05) is 23.7 Å². The fourth-order valence-electron chi connectivity index (χ4n) is 3.49. The molecule has 2 atom stereocenters. The number of aliphatic hydroxyl groups is 1. The van der Waals surface area contributed by atoms with Crippen LogP contribution < -0.4 is 10.5 Å². The minimum atomic E-state index is -4.88. The quantitative estimate of drug-likeness (QED) is 0.434. The van der Waals surface area contributed by atoms with Gasteiger partial charge >= 0.3 is 17.9 Å². The summed E-state index contributed by atoms with van der Waals surface area (Å²) in [6, 6.07) is 10.4. The monoisotopic (exact) mass is 479 g/mol. The van der Waals surface area contributed by atoms with Crippen molar-refractivity contribution in [2.45, 2.75) is 24.6 Å². The normalized spacial score (nSPS) is 13.8. The standard InChI is InChI=1S/C22H17ClF3N3O4/c1-29-17-10-12(3-6-18(17)33-21(29)31)9-15(19(30)22(24,25)26)14-5-4-13(11-16(14)23)32-20-27-7-2-8-28-20/h2-8,10-11,15,19,30H,9H2,1H3. The number of fused-ring (bicyclic) bond motifs is 1. The molecule has 33 heavy (non-hydrogen) atoms. The molecule has 7 nitrogen and oxygen atoms in total. The number of ether oxygens (including phenoxy) is 1. The fourth-order valence-corrected chi connectivity index (χ4v) is 3.80. The first kappa shape index (κ1) is 22.8. The molecular weight excluding hydrogens is 463 g/mol. The van der Waals surface area contributed by atoms with Gasteiger partial charge in [-0.25, -0.2) is 14.8 Å². The van der Waals surface area contributed by atoms with Crippen molar-refractivity contribution in [3.05, 3.63) is 81.6 Å². The highest BCUT2D eigenvalue weighted by Crippen LogP contribution is 2.39. The SMILES string of the molecule is Cn1c(=O)oc2ccc(CC(c3ccc(Oc4ncccn4)cc3Cl)C(O)C(F)(F)F)cc21. The Bertz CT molecular complexity index is 1340. The number of aliphatic hydroxyl groups excluding tert-OH is 1. The van der Waals surface area contributed by atoms with Crippen LogP contribution in [0.3, 0.4) is 0 Å². The molecule has 11 heteroatoms. The molecule has 2 heterocycles. The first-order valence-corrected chi connectivity index (χ1v) is 10.1. The van der Waals surface area contributed by atoms with Gasteiger partial charge in [-0.3, -0.25) is 4.57 Å². The second-order valence-corrected chi connectivity index (χ2v) is 7.75. The summed E-state index contributed by atoms with van der Waals surface area (Å²) in [5, 5.41) is 10.1. The Kier molecular flexibility index (Phi) is 6.13. The van der Waals surface area contributed by atoms with E-state index in [9.17, 15) is 23.1 Å². The molecule has 0 saturated heterocycles. The molecule has 172 valence electrons. The smallest absolute Gasteiger partial charge is 0.419 e. The number of aryl methyl sites for hydroxylation is 1. The van der Waals surface area contributed by atoms with Gasteiger partial charge in [0, 0.05) is 30.4 Å². The lowest BCUT2D eigenvalue weighted by atomic mass is 9.86. The van der Waals surface area contributed by atoms with Gasteiger partial charge in [0.05, 0.1) is 5.52 Å². The van der Waals surface area contributed by atoms with E-state index in [0.29, 0.717) is 16.7 Å². The summed E-state index contributed by atoms with van der Waals surface area (Å²) in [6.45, 7) is 0. The zero-order valence-electron chi connectivity index (χ0n) is 17.1. The van der Waals surface area contributed by atoms with Crippen molar-refractivity contribution >= 4 is 22.7 Å². The van der Waals surface area contributed by atoms with E-state index >= 15 is 0 Å². The first-order chi connectivity index (χ1) is 15.6. The van der Waals surface area contributed by atoms with E-state index in [1.54, 1.807) is 18.2 Å². The van der Waals surface area contributed by atoms with Crippen LogP contribution in [0.15, 0.2) is 64.1 Å². The average Bonchev–Trinajstić information content (AvgIpc) is 3.05. The minimum absolute atomic E-state index is 0.0199. The van der Waals surface area contributed by atoms with E-state index in [2.05, 4.69) is 9.97 Å². The Hall–Kier alpha value is -3.37. The third-order valence-electron chi connectivity index (χ3n) is 5.15. The summed E-state index contributed by atoms with van der Waals surface area (Å²) < 4.78 is 52.3. The van der Waals surface area contributed by atoms with Crippen LogP contribution in [0.5, 0.6) is 11.8 Å². The van der Waals surface area contributed by atoms with Gasteiger partial charge in [-0.15, -0.1) is 0 Å². The van der Waals surface area contributed by atoms with E-state index in [-0.39, 0.29) is 28.8 Å². The lowest BCUT2D eigenvalue weighted by Crippen LogP contribution is -2.35. The third-order valence-corrected chi connectivity index (χ3v) is 5.48. The van der Waals surface area contributed by atoms with E-state index in [1.165, 1.54) is 48.3 Å². The molecule has 4 rings (SSSR count). The molecule has 0 saturated carbocycles. The number of rotatable bonds is 6. The number of aromatic nitrogens is 3. The largest absolute Gasteiger partial charge is 0.424 e. The summed E-state index contributed by atoms with van der Waals surface area (Å²) in [7, 11) is 1.49. The summed E-state index contributed by atoms with van der Waals surface area (Å²) in [5.41, 5.74) is 1.28. The van der Waals surface area contributed by atoms with E-state index in [0.717, 1.165) is 0 Å². The van der Waals surface area contributed by atoms with Crippen LogP contribution in [0.2, 0.25) is 5.02 Å². The second kappa shape index (κ2) is 8.87. The van der Waals surface area contributed by atoms with Crippen molar-refractivity contribution in [2.75, 3.05) is 0 Å². The minimum Gasteiger partial charge on any atom is -0.424 e. The second-order valence-electron chi connectivity index (χ2n) is 7.34. The van der Waals surface area contributed by atoms with Crippen LogP contribution in [-0.4, -0.2) is 31.9 Å². The first-order valence-electron chi connectivity index (χ1n) is 9.71. The average molecular weight is 480 g/mol. The van der Waals surface area contributed by atoms with E-state index in [4.69, 9.17) is 20.8 Å². The van der Waals surface area contributed by atoms with E-state index < -0.39 is 24.0 Å². The number of nitrogens with zero attached hydrogens (tertiary/aromatic N) is 3. The molecule has 0 aliphatic carbocycles. The Morgan fingerprint density at radius 1 is 1.18 bits per heavy atom. The fraction of sp³-hybridized carbons (Fsp3) is 0.227. The molecule has 0 bridgehead atoms. The topological polar surface area (TPSA) is 90.4 Å². The van der Waals surface area contributed by atoms with Crippen molar-refractivity contribution in [1.29, 1.82) is 0 Å². The van der Waals surface area contributed by atoms with Crippen molar-refractivity contribution in [1.82, 2.24) is 14.5 Å². The Balaban J connectivity index is 1.69. The maximum atomic E-state index is 13.5. The predicted molar refractivity (Wildman–Crippen MR) is 114 cm³/mol. The van der Waals surface area contributed by atoms with Crippen LogP contribution in [0.1, 0.15) is 17.0 Å². The third kappa shape index (κ3) is 4.86. The zero-order chi connectivity index (χ0) is 23.8. The molecule has 2 aromatic heterocycles. The van der Waals surface area contributed by atoms with Gasteiger partial charge in [0.15, 0.2) is 11.7 Å². The van der Waals surface area contributed by atoms with Crippen molar-refractivity contribution < 1.29 is 27.4 Å². The molecule has 1 N–H and O–H groups in total. The Morgan fingerprint density at radius 3 is 2.58 bits per heavy atom. The maximum Gasteiger partial charge on any atom is 0.419 e. The molecule has 0 aliphatic heterocycles. The van der Waals surface area contributed by atoms with Crippen LogP contribution in [0.25, 0.3) is 11.1 Å². The molecule has 0 fully saturated rings. The van der Waals surface area contributed by atoms with Crippen molar-refractivity contribution in [3.63, 3.8) is 0 Å². The summed E-state index contributed by atoms with van der Waals surface area (Å²) in [6.07, 6.45) is -4.81.